The number of nitrogens with one attached hydrogen (secondary N) is 1. The smallest absolute Gasteiger partial charge is 0.419 e. The van der Waals surface area contributed by atoms with Gasteiger partial charge in [-0.25, -0.2) is 8.42 Å². The maximum atomic E-state index is 13.6. The molecule has 0 atom stereocenters. The van der Waals surface area contributed by atoms with Gasteiger partial charge in [0.05, 0.1) is 36.6 Å². The molecule has 0 aromatic heterocycles. The number of allylic oxidation sites excluding steroid dienone is 2. The average Bonchev–Trinajstić information content (AvgIpc) is 2.79. The normalized spacial score (nSPS) is 16.5. The number of rotatable bonds is 8. The van der Waals surface area contributed by atoms with Crippen LogP contribution < -0.4 is 18.9 Å². The second-order valence-electron chi connectivity index (χ2n) is 8.04. The molecule has 0 saturated heterocycles. The molecule has 0 heterocycles. The molecule has 0 amide bonds. The summed E-state index contributed by atoms with van der Waals surface area (Å²) < 4.78 is 85.2. The molecule has 1 aliphatic rings. The molecule has 35 heavy (non-hydrogen) atoms. The first-order chi connectivity index (χ1) is 16.5. The minimum atomic E-state index is -4.67. The minimum Gasteiger partial charge on any atom is -0.493 e. The van der Waals surface area contributed by atoms with E-state index in [0.717, 1.165) is 37.5 Å². The van der Waals surface area contributed by atoms with Crippen molar-refractivity contribution in [2.75, 3.05) is 18.9 Å². The Morgan fingerprint density at radius 3 is 2.26 bits per heavy atom. The van der Waals surface area contributed by atoms with E-state index in [1.54, 1.807) is 0 Å². The van der Waals surface area contributed by atoms with Crippen molar-refractivity contribution in [1.82, 2.24) is 0 Å². The third-order valence-electron chi connectivity index (χ3n) is 5.63. The second kappa shape index (κ2) is 11.0. The number of alkyl halides is 3. The van der Waals surface area contributed by atoms with Crippen molar-refractivity contribution in [3.63, 3.8) is 0 Å². The summed E-state index contributed by atoms with van der Waals surface area (Å²) in [6, 6.07) is 5.33. The van der Waals surface area contributed by atoms with Gasteiger partial charge in [-0.1, -0.05) is 30.2 Å². The summed E-state index contributed by atoms with van der Waals surface area (Å²) in [6.45, 7) is 2.03. The third-order valence-corrected chi connectivity index (χ3v) is 7.47. The molecule has 11 heteroatoms. The molecule has 1 aliphatic carbocycles. The zero-order chi connectivity index (χ0) is 25.8. The van der Waals surface area contributed by atoms with Crippen LogP contribution >= 0.6 is 11.6 Å². The Kier molecular flexibility index (Phi) is 8.48. The van der Waals surface area contributed by atoms with Crippen molar-refractivity contribution < 1.29 is 35.8 Å². The van der Waals surface area contributed by atoms with E-state index in [4.69, 9.17) is 25.8 Å². The first-order valence-corrected chi connectivity index (χ1v) is 12.8. The Morgan fingerprint density at radius 2 is 1.69 bits per heavy atom. The van der Waals surface area contributed by atoms with Crippen LogP contribution in [0.15, 0.2) is 46.9 Å². The quantitative estimate of drug-likeness (QED) is 0.376. The fourth-order valence-corrected chi connectivity index (χ4v) is 5.50. The van der Waals surface area contributed by atoms with Crippen LogP contribution in [0, 0.1) is 0 Å². The van der Waals surface area contributed by atoms with Gasteiger partial charge in [0.25, 0.3) is 10.0 Å². The average molecular weight is 534 g/mol. The van der Waals surface area contributed by atoms with Crippen LogP contribution in [0.2, 0.25) is 5.02 Å². The van der Waals surface area contributed by atoms with Gasteiger partial charge in [-0.2, -0.15) is 13.2 Å². The number of benzene rings is 2. The Hall–Kier alpha value is -2.59. The van der Waals surface area contributed by atoms with Gasteiger partial charge in [-0.3, -0.25) is 4.72 Å². The van der Waals surface area contributed by atoms with Gasteiger partial charge in [0.15, 0.2) is 11.5 Å². The van der Waals surface area contributed by atoms with E-state index in [9.17, 15) is 21.6 Å². The number of anilines is 1. The molecule has 1 N–H and O–H groups in total. The van der Waals surface area contributed by atoms with Crippen molar-refractivity contribution in [1.29, 1.82) is 0 Å². The zero-order valence-corrected chi connectivity index (χ0v) is 21.1. The lowest BCUT2D eigenvalue weighted by Gasteiger charge is -2.27. The number of hydrogen-bond donors (Lipinski definition) is 1. The number of ether oxygens (including phenoxy) is 3. The molecule has 1 fully saturated rings. The van der Waals surface area contributed by atoms with Crippen LogP contribution in [0.3, 0.4) is 0 Å². The summed E-state index contributed by atoms with van der Waals surface area (Å²) in [5.41, 5.74) is 0.206. The summed E-state index contributed by atoms with van der Waals surface area (Å²) in [4.78, 5) is -0.318. The Balaban J connectivity index is 1.90. The predicted molar refractivity (Wildman–Crippen MR) is 128 cm³/mol. The maximum Gasteiger partial charge on any atom is 0.419 e. The second-order valence-corrected chi connectivity index (χ2v) is 10.1. The molecule has 0 aliphatic heterocycles. The van der Waals surface area contributed by atoms with E-state index < -0.39 is 33.6 Å². The molecule has 0 radical (unpaired) electrons. The van der Waals surface area contributed by atoms with Crippen LogP contribution in [0.1, 0.15) is 44.6 Å². The van der Waals surface area contributed by atoms with Crippen molar-refractivity contribution in [3.05, 3.63) is 52.6 Å². The van der Waals surface area contributed by atoms with Gasteiger partial charge in [-0.05, 0) is 44.2 Å². The fourth-order valence-electron chi connectivity index (χ4n) is 3.92. The molecule has 3 rings (SSSR count). The van der Waals surface area contributed by atoms with E-state index in [1.165, 1.54) is 31.9 Å². The number of hydrogen-bond acceptors (Lipinski definition) is 5. The van der Waals surface area contributed by atoms with Crippen LogP contribution in [0.5, 0.6) is 17.2 Å². The number of methoxy groups -OCH3 is 2. The highest BCUT2D eigenvalue weighted by Crippen LogP contribution is 2.41. The summed E-state index contributed by atoms with van der Waals surface area (Å²) >= 11 is 6.13. The fraction of sp³-hybridized carbons (Fsp3) is 0.417. The summed E-state index contributed by atoms with van der Waals surface area (Å²) in [6.07, 6.45) is 0.644. The monoisotopic (exact) mass is 533 g/mol. The standard InChI is InChI=1S/C24H27ClF3NO5S/c1-4-5-15-6-9-17(10-7-15)34-20-12-16(8-11-18(20)24(26,27)28)29-35(30,31)23-14-22(33-3)21(32-2)13-19(23)25/h5,8,11-14,17,29H,4,6-7,9-10H2,1-3H3. The Morgan fingerprint density at radius 1 is 1.06 bits per heavy atom. The number of halogens is 4. The molecule has 0 bridgehead atoms. The van der Waals surface area contributed by atoms with Crippen molar-refractivity contribution in [2.24, 2.45) is 0 Å². The van der Waals surface area contributed by atoms with E-state index in [0.29, 0.717) is 12.8 Å². The highest BCUT2D eigenvalue weighted by atomic mass is 35.5. The first-order valence-electron chi connectivity index (χ1n) is 11.0. The molecular formula is C24H27ClF3NO5S. The Labute approximate surface area is 208 Å². The molecule has 0 unspecified atom stereocenters. The zero-order valence-electron chi connectivity index (χ0n) is 19.5. The van der Waals surface area contributed by atoms with Gasteiger partial charge in [0, 0.05) is 18.2 Å². The molecule has 2 aromatic carbocycles. The Bertz CT molecular complexity index is 1190. The molecule has 0 spiro atoms. The lowest BCUT2D eigenvalue weighted by Crippen LogP contribution is -2.23. The van der Waals surface area contributed by atoms with Gasteiger partial charge in [-0.15, -0.1) is 0 Å². The van der Waals surface area contributed by atoms with Crippen LogP contribution in [-0.4, -0.2) is 28.7 Å². The van der Waals surface area contributed by atoms with Gasteiger partial charge < -0.3 is 14.2 Å². The first kappa shape index (κ1) is 27.0. The van der Waals surface area contributed by atoms with E-state index in [-0.39, 0.29) is 27.1 Å². The number of sulfonamides is 1. The topological polar surface area (TPSA) is 73.9 Å². The molecular weight excluding hydrogens is 507 g/mol. The summed E-state index contributed by atoms with van der Waals surface area (Å²) in [7, 11) is -1.57. The third kappa shape index (κ3) is 6.55. The van der Waals surface area contributed by atoms with Crippen LogP contribution in [0.4, 0.5) is 18.9 Å². The van der Waals surface area contributed by atoms with Crippen molar-refractivity contribution >= 4 is 27.3 Å². The van der Waals surface area contributed by atoms with Gasteiger partial charge in [0.1, 0.15) is 10.6 Å². The highest BCUT2D eigenvalue weighted by molar-refractivity contribution is 7.92. The highest BCUT2D eigenvalue weighted by Gasteiger charge is 2.36. The SMILES string of the molecule is CCC=C1CCC(Oc2cc(NS(=O)(=O)c3cc(OC)c(OC)cc3Cl)ccc2C(F)(F)F)CC1. The van der Waals surface area contributed by atoms with E-state index >= 15 is 0 Å². The minimum absolute atomic E-state index is 0.0961. The van der Waals surface area contributed by atoms with E-state index in [1.807, 2.05) is 6.92 Å². The van der Waals surface area contributed by atoms with Gasteiger partial charge in [0.2, 0.25) is 0 Å². The maximum absolute atomic E-state index is 13.6. The van der Waals surface area contributed by atoms with Gasteiger partial charge >= 0.3 is 6.18 Å². The van der Waals surface area contributed by atoms with Crippen LogP contribution in [0.25, 0.3) is 0 Å². The van der Waals surface area contributed by atoms with Crippen molar-refractivity contribution in [3.8, 4) is 17.2 Å². The molecule has 2 aromatic rings. The molecule has 192 valence electrons. The molecule has 1 saturated carbocycles. The van der Waals surface area contributed by atoms with Crippen molar-refractivity contribution in [2.45, 2.75) is 56.2 Å². The predicted octanol–water partition coefficient (Wildman–Crippen LogP) is 6.83. The van der Waals surface area contributed by atoms with Crippen LogP contribution in [-0.2, 0) is 16.2 Å². The summed E-state index contributed by atoms with van der Waals surface area (Å²) in [5, 5.41) is -0.142. The largest absolute Gasteiger partial charge is 0.493 e. The summed E-state index contributed by atoms with van der Waals surface area (Å²) in [5.74, 6) is -0.0716. The lowest BCUT2D eigenvalue weighted by atomic mass is 9.92. The molecule has 6 nitrogen and oxygen atoms in total. The van der Waals surface area contributed by atoms with E-state index in [2.05, 4.69) is 10.8 Å². The lowest BCUT2D eigenvalue weighted by molar-refractivity contribution is -0.139.